The number of rotatable bonds is 2. The zero-order valence-electron chi connectivity index (χ0n) is 10.8. The molecule has 0 fully saturated rings. The second kappa shape index (κ2) is 4.31. The summed E-state index contributed by atoms with van der Waals surface area (Å²) in [5.41, 5.74) is 1.89. The van der Waals surface area contributed by atoms with Gasteiger partial charge < -0.3 is 4.74 Å². The van der Waals surface area contributed by atoms with Crippen molar-refractivity contribution in [2.45, 2.75) is 0 Å². The summed E-state index contributed by atoms with van der Waals surface area (Å²) in [6.45, 7) is 0. The minimum absolute atomic E-state index is 0.827. The van der Waals surface area contributed by atoms with Crippen molar-refractivity contribution in [3.05, 3.63) is 48.5 Å². The van der Waals surface area contributed by atoms with Crippen LogP contribution in [0.5, 0.6) is 5.75 Å². The van der Waals surface area contributed by atoms with Crippen LogP contribution in [0.15, 0.2) is 48.5 Å². The summed E-state index contributed by atoms with van der Waals surface area (Å²) in [5.74, 6) is 0.827. The van der Waals surface area contributed by atoms with E-state index in [1.807, 2.05) is 36.4 Å². The zero-order chi connectivity index (χ0) is 13.5. The highest BCUT2D eigenvalue weighted by molar-refractivity contribution is 7.25. The van der Waals surface area contributed by atoms with Crippen LogP contribution in [0.2, 0.25) is 0 Å². The average molecular weight is 281 g/mol. The van der Waals surface area contributed by atoms with Gasteiger partial charge in [-0.2, -0.15) is 0 Å². The highest BCUT2D eigenvalue weighted by Crippen LogP contribution is 2.31. The number of aromatic nitrogens is 3. The normalized spacial score (nSPS) is 11.2. The Balaban J connectivity index is 1.87. The molecular formula is C15H11N3OS. The molecule has 4 nitrogen and oxygen atoms in total. The van der Waals surface area contributed by atoms with Crippen molar-refractivity contribution in [2.24, 2.45) is 0 Å². The number of methoxy groups -OCH3 is 1. The average Bonchev–Trinajstić information content (AvgIpc) is 3.05. The molecule has 2 heterocycles. The molecule has 0 saturated carbocycles. The van der Waals surface area contributed by atoms with Gasteiger partial charge in [0.25, 0.3) is 0 Å². The van der Waals surface area contributed by atoms with Crippen LogP contribution in [-0.2, 0) is 0 Å². The third-order valence-corrected chi connectivity index (χ3v) is 4.28. The second-order valence-electron chi connectivity index (χ2n) is 4.44. The number of ether oxygens (including phenoxy) is 1. The monoisotopic (exact) mass is 281 g/mol. The maximum absolute atomic E-state index is 5.16. The molecule has 98 valence electrons. The molecule has 0 aliphatic rings. The van der Waals surface area contributed by atoms with Gasteiger partial charge in [0.15, 0.2) is 4.83 Å². The second-order valence-corrected chi connectivity index (χ2v) is 5.47. The van der Waals surface area contributed by atoms with Crippen molar-refractivity contribution < 1.29 is 4.74 Å². The SMILES string of the molecule is COc1ccc(-n2nc3sc4ccccc4c3n2)cc1. The van der Waals surface area contributed by atoms with E-state index in [-0.39, 0.29) is 0 Å². The van der Waals surface area contributed by atoms with E-state index in [0.717, 1.165) is 27.2 Å². The van der Waals surface area contributed by atoms with Gasteiger partial charge >= 0.3 is 0 Å². The predicted molar refractivity (Wildman–Crippen MR) is 80.8 cm³/mol. The Morgan fingerprint density at radius 2 is 1.80 bits per heavy atom. The summed E-state index contributed by atoms with van der Waals surface area (Å²) >= 11 is 1.67. The lowest BCUT2D eigenvalue weighted by Crippen LogP contribution is -1.98. The molecule has 0 aliphatic heterocycles. The van der Waals surface area contributed by atoms with Crippen LogP contribution in [0.1, 0.15) is 0 Å². The van der Waals surface area contributed by atoms with Crippen LogP contribution in [0.3, 0.4) is 0 Å². The van der Waals surface area contributed by atoms with Gasteiger partial charge in [0, 0.05) is 10.1 Å². The summed E-state index contributed by atoms with van der Waals surface area (Å²) < 4.78 is 6.38. The smallest absolute Gasteiger partial charge is 0.167 e. The Kier molecular flexibility index (Phi) is 2.47. The quantitative estimate of drug-likeness (QED) is 0.563. The fraction of sp³-hybridized carbons (Fsp3) is 0.0667. The Hall–Kier alpha value is -2.40. The van der Waals surface area contributed by atoms with Gasteiger partial charge in [-0.15, -0.1) is 26.3 Å². The minimum Gasteiger partial charge on any atom is -0.497 e. The molecule has 5 heteroatoms. The summed E-state index contributed by atoms with van der Waals surface area (Å²) in [4.78, 5) is 2.63. The van der Waals surface area contributed by atoms with Crippen LogP contribution in [0.25, 0.3) is 26.1 Å². The topological polar surface area (TPSA) is 39.9 Å². The first-order chi connectivity index (χ1) is 9.85. The number of thiophene rings is 1. The van der Waals surface area contributed by atoms with Crippen LogP contribution in [-0.4, -0.2) is 22.1 Å². The molecular weight excluding hydrogens is 270 g/mol. The highest BCUT2D eigenvalue weighted by atomic mass is 32.1. The van der Waals surface area contributed by atoms with Gasteiger partial charge in [0.1, 0.15) is 11.3 Å². The molecule has 0 radical (unpaired) electrons. The van der Waals surface area contributed by atoms with Crippen molar-refractivity contribution in [1.29, 1.82) is 0 Å². The molecule has 20 heavy (non-hydrogen) atoms. The molecule has 0 amide bonds. The summed E-state index contributed by atoms with van der Waals surface area (Å²) in [5, 5.41) is 10.3. The summed E-state index contributed by atoms with van der Waals surface area (Å²) in [6, 6.07) is 16.0. The van der Waals surface area contributed by atoms with Crippen molar-refractivity contribution in [3.8, 4) is 11.4 Å². The summed E-state index contributed by atoms with van der Waals surface area (Å²) in [6.07, 6.45) is 0. The van der Waals surface area contributed by atoms with E-state index in [1.54, 1.807) is 23.2 Å². The van der Waals surface area contributed by atoms with E-state index in [9.17, 15) is 0 Å². The van der Waals surface area contributed by atoms with Crippen LogP contribution in [0.4, 0.5) is 0 Å². The molecule has 0 bridgehead atoms. The van der Waals surface area contributed by atoms with Crippen LogP contribution >= 0.6 is 11.3 Å². The maximum atomic E-state index is 5.16. The zero-order valence-corrected chi connectivity index (χ0v) is 11.6. The first kappa shape index (κ1) is 11.4. The number of hydrogen-bond donors (Lipinski definition) is 0. The van der Waals surface area contributed by atoms with Crippen molar-refractivity contribution in [2.75, 3.05) is 7.11 Å². The van der Waals surface area contributed by atoms with Gasteiger partial charge in [0.2, 0.25) is 0 Å². The Labute approximate surface area is 119 Å². The fourth-order valence-electron chi connectivity index (χ4n) is 2.22. The third-order valence-electron chi connectivity index (χ3n) is 3.24. The van der Waals surface area contributed by atoms with E-state index < -0.39 is 0 Å². The van der Waals surface area contributed by atoms with E-state index in [2.05, 4.69) is 22.3 Å². The third kappa shape index (κ3) is 1.67. The van der Waals surface area contributed by atoms with E-state index in [0.29, 0.717) is 0 Å². The molecule has 0 saturated heterocycles. The van der Waals surface area contributed by atoms with Gasteiger partial charge in [-0.3, -0.25) is 0 Å². The first-order valence-corrected chi connectivity index (χ1v) is 7.06. The predicted octanol–water partition coefficient (Wildman–Crippen LogP) is 3.64. The lowest BCUT2D eigenvalue weighted by molar-refractivity contribution is 0.414. The molecule has 0 N–H and O–H groups in total. The van der Waals surface area contributed by atoms with Gasteiger partial charge in [0.05, 0.1) is 12.8 Å². The van der Waals surface area contributed by atoms with Crippen molar-refractivity contribution in [3.63, 3.8) is 0 Å². The highest BCUT2D eigenvalue weighted by Gasteiger charge is 2.11. The fourth-order valence-corrected chi connectivity index (χ4v) is 3.21. The lowest BCUT2D eigenvalue weighted by Gasteiger charge is -2.01. The van der Waals surface area contributed by atoms with Crippen LogP contribution < -0.4 is 4.74 Å². The van der Waals surface area contributed by atoms with Crippen LogP contribution in [0, 0.1) is 0 Å². The lowest BCUT2D eigenvalue weighted by atomic mass is 10.2. The van der Waals surface area contributed by atoms with Gasteiger partial charge in [-0.25, -0.2) is 0 Å². The number of nitrogens with zero attached hydrogens (tertiary/aromatic N) is 3. The number of benzene rings is 2. The summed E-state index contributed by atoms with van der Waals surface area (Å²) in [7, 11) is 1.66. The molecule has 0 atom stereocenters. The van der Waals surface area contributed by atoms with E-state index in [4.69, 9.17) is 4.74 Å². The number of fused-ring (bicyclic) bond motifs is 3. The van der Waals surface area contributed by atoms with E-state index >= 15 is 0 Å². The standard InChI is InChI=1S/C15H11N3OS/c1-19-11-8-6-10(7-9-11)18-16-14-12-4-2-3-5-13(12)20-15(14)17-18/h2-9H,1H3. The largest absolute Gasteiger partial charge is 0.497 e. The van der Waals surface area contributed by atoms with Crippen molar-refractivity contribution >= 4 is 31.8 Å². The van der Waals surface area contributed by atoms with Gasteiger partial charge in [-0.1, -0.05) is 18.2 Å². The Morgan fingerprint density at radius 3 is 2.60 bits per heavy atom. The maximum Gasteiger partial charge on any atom is 0.167 e. The Morgan fingerprint density at radius 1 is 1.00 bits per heavy atom. The van der Waals surface area contributed by atoms with E-state index in [1.165, 1.54) is 4.70 Å². The van der Waals surface area contributed by atoms with Crippen molar-refractivity contribution in [1.82, 2.24) is 15.0 Å². The molecule has 2 aromatic carbocycles. The molecule has 4 rings (SSSR count). The molecule has 0 spiro atoms. The number of hydrogen-bond acceptors (Lipinski definition) is 4. The molecule has 0 aliphatic carbocycles. The Bertz CT molecular complexity index is 892. The van der Waals surface area contributed by atoms with Gasteiger partial charge in [-0.05, 0) is 30.3 Å². The molecule has 4 aromatic rings. The molecule has 0 unspecified atom stereocenters. The minimum atomic E-state index is 0.827. The molecule has 2 aromatic heterocycles. The first-order valence-electron chi connectivity index (χ1n) is 6.24.